The van der Waals surface area contributed by atoms with Gasteiger partial charge >= 0.3 is 0 Å². The molecule has 8 nitrogen and oxygen atoms in total. The number of carbonyl (C=O) groups excluding carboxylic acids is 1. The summed E-state index contributed by atoms with van der Waals surface area (Å²) in [5, 5.41) is 14.0. The zero-order valence-electron chi connectivity index (χ0n) is 19.1. The van der Waals surface area contributed by atoms with Crippen LogP contribution in [0.25, 0.3) is 11.0 Å². The number of aromatic nitrogens is 3. The van der Waals surface area contributed by atoms with Gasteiger partial charge in [0.05, 0.1) is 40.8 Å². The summed E-state index contributed by atoms with van der Waals surface area (Å²) in [6.07, 6.45) is 3.93. The monoisotopic (exact) mass is 492 g/mol. The highest BCUT2D eigenvalue weighted by Crippen LogP contribution is 2.32. The molecule has 3 atom stereocenters. The van der Waals surface area contributed by atoms with E-state index in [1.165, 1.54) is 6.33 Å². The van der Waals surface area contributed by atoms with E-state index in [4.69, 9.17) is 21.1 Å². The highest BCUT2D eigenvalue weighted by Gasteiger charge is 2.27. The molecule has 0 aliphatic carbocycles. The Labute approximate surface area is 207 Å². The predicted molar refractivity (Wildman–Crippen MR) is 133 cm³/mol. The van der Waals surface area contributed by atoms with Crippen LogP contribution in [-0.2, 0) is 4.74 Å². The topological polar surface area (TPSA) is 109 Å². The van der Waals surface area contributed by atoms with E-state index in [0.717, 1.165) is 12.8 Å². The van der Waals surface area contributed by atoms with Crippen molar-refractivity contribution in [1.82, 2.24) is 15.0 Å². The van der Waals surface area contributed by atoms with Crippen LogP contribution in [0.2, 0.25) is 5.02 Å². The van der Waals surface area contributed by atoms with Crippen molar-refractivity contribution >= 4 is 34.2 Å². The Morgan fingerprint density at radius 3 is 2.71 bits per heavy atom. The van der Waals surface area contributed by atoms with Crippen molar-refractivity contribution in [3.63, 3.8) is 0 Å². The number of halogens is 1. The Morgan fingerprint density at radius 1 is 1.17 bits per heavy atom. The molecular weight excluding hydrogens is 468 g/mol. The van der Waals surface area contributed by atoms with Gasteiger partial charge in [0.25, 0.3) is 0 Å². The molecule has 1 aliphatic rings. The van der Waals surface area contributed by atoms with Crippen LogP contribution in [0.5, 0.6) is 11.5 Å². The van der Waals surface area contributed by atoms with Gasteiger partial charge in [-0.3, -0.25) is 4.79 Å². The smallest absolute Gasteiger partial charge is 0.196 e. The molecule has 180 valence electrons. The summed E-state index contributed by atoms with van der Waals surface area (Å²) in [5.41, 5.74) is 1.31. The molecule has 1 aliphatic heterocycles. The highest BCUT2D eigenvalue weighted by molar-refractivity contribution is 6.35. The number of hydrogen-bond donors (Lipinski definition) is 3. The number of nitrogens with zero attached hydrogens (tertiary/aromatic N) is 2. The van der Waals surface area contributed by atoms with Gasteiger partial charge in [-0.15, -0.1) is 0 Å². The fraction of sp³-hybridized carbons (Fsp3) is 0.269. The number of fused-ring (bicyclic) bond motifs is 1. The number of hydrogen-bond acceptors (Lipinski definition) is 7. The summed E-state index contributed by atoms with van der Waals surface area (Å²) in [6.45, 7) is 2.17. The summed E-state index contributed by atoms with van der Waals surface area (Å²) in [6, 6.07) is 14.4. The molecule has 1 fully saturated rings. The lowest BCUT2D eigenvalue weighted by atomic mass is 10.0. The Kier molecular flexibility index (Phi) is 6.68. The van der Waals surface area contributed by atoms with Crippen molar-refractivity contribution in [2.45, 2.75) is 38.0 Å². The molecule has 5 rings (SSSR count). The molecule has 2 aromatic carbocycles. The minimum atomic E-state index is -0.509. The number of ketones is 1. The van der Waals surface area contributed by atoms with Crippen LogP contribution in [0, 0.1) is 0 Å². The molecule has 0 bridgehead atoms. The molecule has 3 heterocycles. The number of ether oxygens (including phenoxy) is 2. The van der Waals surface area contributed by atoms with Gasteiger partial charge in [-0.05, 0) is 44.0 Å². The van der Waals surface area contributed by atoms with E-state index in [2.05, 4.69) is 20.3 Å². The normalized spacial score (nSPS) is 18.8. The zero-order chi connectivity index (χ0) is 24.4. The molecule has 0 saturated carbocycles. The maximum Gasteiger partial charge on any atom is 0.196 e. The Hall–Kier alpha value is -3.46. The second-order valence-electron chi connectivity index (χ2n) is 8.57. The number of aromatic amines is 1. The van der Waals surface area contributed by atoms with Crippen molar-refractivity contribution in [1.29, 1.82) is 0 Å². The number of anilines is 1. The van der Waals surface area contributed by atoms with Crippen LogP contribution in [-0.4, -0.2) is 50.7 Å². The van der Waals surface area contributed by atoms with Gasteiger partial charge in [-0.1, -0.05) is 29.8 Å². The summed E-state index contributed by atoms with van der Waals surface area (Å²) >= 11 is 6.50. The van der Waals surface area contributed by atoms with Gasteiger partial charge in [0, 0.05) is 17.8 Å². The van der Waals surface area contributed by atoms with Crippen LogP contribution in [0.4, 0.5) is 5.82 Å². The fourth-order valence-corrected chi connectivity index (χ4v) is 4.48. The lowest BCUT2D eigenvalue weighted by Crippen LogP contribution is -2.39. The summed E-state index contributed by atoms with van der Waals surface area (Å²) < 4.78 is 11.6. The molecule has 9 heteroatoms. The summed E-state index contributed by atoms with van der Waals surface area (Å²) in [5.74, 6) is 1.51. The van der Waals surface area contributed by atoms with Crippen LogP contribution in [0.1, 0.15) is 35.7 Å². The number of nitrogens with one attached hydrogen (secondary N) is 2. The van der Waals surface area contributed by atoms with Crippen molar-refractivity contribution in [2.75, 3.05) is 11.9 Å². The lowest BCUT2D eigenvalue weighted by Gasteiger charge is -2.31. The number of aliphatic hydroxyl groups excluding tert-OH is 1. The van der Waals surface area contributed by atoms with E-state index in [-0.39, 0.29) is 23.0 Å². The van der Waals surface area contributed by atoms with Crippen LogP contribution in [0.3, 0.4) is 0 Å². The van der Waals surface area contributed by atoms with Gasteiger partial charge in [0.2, 0.25) is 0 Å². The predicted octanol–water partition coefficient (Wildman–Crippen LogP) is 4.97. The van der Waals surface area contributed by atoms with E-state index in [9.17, 15) is 9.90 Å². The number of para-hydroxylation sites is 1. The standard InChI is InChI=1S/C26H25ClN4O4/c1-15(32)22-10-7-16(13-34-22)31-26-23-20(12-28-25(23)29-14-30-26)24(33)19-9-8-18(11-21(19)27)35-17-5-3-2-4-6-17/h2-6,8-9,11-12,14-16,22,32H,7,10,13H2,1H3,(H2,28,29,30,31)/t15?,16-,22+/m1/s1. The first kappa shape index (κ1) is 23.3. The minimum Gasteiger partial charge on any atom is -0.457 e. The summed E-state index contributed by atoms with van der Waals surface area (Å²) in [7, 11) is 0. The van der Waals surface area contributed by atoms with Crippen molar-refractivity contribution in [3.05, 3.63) is 77.2 Å². The third-order valence-corrected chi connectivity index (χ3v) is 6.38. The summed E-state index contributed by atoms with van der Waals surface area (Å²) in [4.78, 5) is 25.2. The minimum absolute atomic E-state index is 0.000964. The first-order valence-corrected chi connectivity index (χ1v) is 11.8. The van der Waals surface area contributed by atoms with Gasteiger partial charge < -0.3 is 24.9 Å². The van der Waals surface area contributed by atoms with Gasteiger partial charge in [0.15, 0.2) is 5.78 Å². The third-order valence-electron chi connectivity index (χ3n) is 6.07. The SMILES string of the molecule is CC(O)[C@@H]1CC[C@@H](Nc2ncnc3[nH]cc(C(=O)c4ccc(Oc5ccccc5)cc4Cl)c23)CO1. The Morgan fingerprint density at radius 2 is 2.00 bits per heavy atom. The maximum atomic E-state index is 13.5. The first-order valence-electron chi connectivity index (χ1n) is 11.4. The largest absolute Gasteiger partial charge is 0.457 e. The average molecular weight is 493 g/mol. The number of carbonyl (C=O) groups is 1. The molecular formula is C26H25ClN4O4. The number of benzene rings is 2. The zero-order valence-corrected chi connectivity index (χ0v) is 19.8. The van der Waals surface area contributed by atoms with Gasteiger partial charge in [0.1, 0.15) is 29.3 Å². The van der Waals surface area contributed by atoms with E-state index < -0.39 is 6.10 Å². The number of rotatable bonds is 7. The van der Waals surface area contributed by atoms with Crippen molar-refractivity contribution in [2.24, 2.45) is 0 Å². The molecule has 35 heavy (non-hydrogen) atoms. The number of H-pyrrole nitrogens is 1. The van der Waals surface area contributed by atoms with Crippen LogP contribution >= 0.6 is 11.6 Å². The van der Waals surface area contributed by atoms with Crippen LogP contribution < -0.4 is 10.1 Å². The average Bonchev–Trinajstić information content (AvgIpc) is 3.30. The number of aliphatic hydroxyl groups is 1. The fourth-order valence-electron chi connectivity index (χ4n) is 4.22. The Bertz CT molecular complexity index is 1330. The molecule has 3 N–H and O–H groups in total. The van der Waals surface area contributed by atoms with Gasteiger partial charge in [-0.25, -0.2) is 9.97 Å². The van der Waals surface area contributed by atoms with Crippen molar-refractivity contribution in [3.8, 4) is 11.5 Å². The van der Waals surface area contributed by atoms with E-state index in [1.807, 2.05) is 30.3 Å². The molecule has 1 unspecified atom stereocenters. The highest BCUT2D eigenvalue weighted by atomic mass is 35.5. The van der Waals surface area contributed by atoms with Crippen molar-refractivity contribution < 1.29 is 19.4 Å². The third kappa shape index (κ3) is 5.00. The Balaban J connectivity index is 1.39. The first-order chi connectivity index (χ1) is 17.0. The van der Waals surface area contributed by atoms with Crippen LogP contribution in [0.15, 0.2) is 61.1 Å². The van der Waals surface area contributed by atoms with Gasteiger partial charge in [-0.2, -0.15) is 0 Å². The molecule has 4 aromatic rings. The molecule has 0 amide bonds. The lowest BCUT2D eigenvalue weighted by molar-refractivity contribution is -0.0584. The molecule has 0 spiro atoms. The molecule has 0 radical (unpaired) electrons. The van der Waals surface area contributed by atoms with E-state index >= 15 is 0 Å². The molecule has 2 aromatic heterocycles. The maximum absolute atomic E-state index is 13.5. The molecule has 1 saturated heterocycles. The second kappa shape index (κ2) is 10.0. The van der Waals surface area contributed by atoms with E-state index in [0.29, 0.717) is 46.1 Å². The second-order valence-corrected chi connectivity index (χ2v) is 8.97. The quantitative estimate of drug-likeness (QED) is 0.312. The van der Waals surface area contributed by atoms with E-state index in [1.54, 1.807) is 31.3 Å².